The Hall–Kier alpha value is -0.110. The minimum atomic E-state index is -0.451. The molecule has 1 atom stereocenters. The molecule has 0 radical (unpaired) electrons. The highest BCUT2D eigenvalue weighted by Gasteiger charge is 2.40. The van der Waals surface area contributed by atoms with Gasteiger partial charge in [0.05, 0.1) is 5.54 Å². The Labute approximate surface area is 79.4 Å². The second kappa shape index (κ2) is 2.99. The van der Waals surface area contributed by atoms with Gasteiger partial charge in [0.1, 0.15) is 0 Å². The van der Waals surface area contributed by atoms with Gasteiger partial charge in [-0.1, -0.05) is 11.6 Å². The summed E-state index contributed by atoms with van der Waals surface area (Å²) in [6.07, 6.45) is 2.40. The average molecular weight is 189 g/mol. The Morgan fingerprint density at radius 1 is 1.08 bits per heavy atom. The van der Waals surface area contributed by atoms with Crippen molar-refractivity contribution in [3.63, 3.8) is 0 Å². The normalized spacial score (nSPS) is 24.4. The smallest absolute Gasteiger partial charge is 0.154 e. The van der Waals surface area contributed by atoms with Crippen molar-refractivity contribution >= 4 is 11.6 Å². The van der Waals surface area contributed by atoms with E-state index < -0.39 is 5.00 Å². The van der Waals surface area contributed by atoms with Crippen molar-refractivity contribution in [3.8, 4) is 0 Å². The standard InChI is InChI=1S/C9H17ClN2/c1-8(2,3)11-12-9(4,10)7-5-6-7/h7H,5-6H2,1-4H3. The highest BCUT2D eigenvalue weighted by Crippen LogP contribution is 2.44. The Morgan fingerprint density at radius 2 is 1.58 bits per heavy atom. The zero-order chi connectivity index (χ0) is 9.41. The van der Waals surface area contributed by atoms with E-state index >= 15 is 0 Å². The molecule has 1 rings (SSSR count). The van der Waals surface area contributed by atoms with Gasteiger partial charge in [-0.05, 0) is 46.5 Å². The lowest BCUT2D eigenvalue weighted by atomic mass is 10.1. The fourth-order valence-corrected chi connectivity index (χ4v) is 1.20. The second-order valence-corrected chi connectivity index (χ2v) is 5.43. The second-order valence-electron chi connectivity index (χ2n) is 4.67. The average Bonchev–Trinajstić information content (AvgIpc) is 2.62. The van der Waals surface area contributed by atoms with Crippen LogP contribution < -0.4 is 0 Å². The monoisotopic (exact) mass is 188 g/mol. The molecule has 1 aliphatic rings. The summed E-state index contributed by atoms with van der Waals surface area (Å²) in [7, 11) is 0. The van der Waals surface area contributed by atoms with Crippen LogP contribution in [0.4, 0.5) is 0 Å². The SMILES string of the molecule is CC(C)(C)N=NC(C)(Cl)C1CC1. The van der Waals surface area contributed by atoms with Crippen molar-refractivity contribution in [2.75, 3.05) is 0 Å². The molecule has 1 aliphatic carbocycles. The molecule has 0 heterocycles. The van der Waals surface area contributed by atoms with E-state index in [0.717, 1.165) is 0 Å². The molecule has 1 saturated carbocycles. The van der Waals surface area contributed by atoms with E-state index in [2.05, 4.69) is 10.2 Å². The van der Waals surface area contributed by atoms with Crippen molar-refractivity contribution in [3.05, 3.63) is 0 Å². The fourth-order valence-electron chi connectivity index (χ4n) is 0.940. The van der Waals surface area contributed by atoms with Crippen molar-refractivity contribution in [2.45, 2.75) is 51.1 Å². The molecule has 12 heavy (non-hydrogen) atoms. The summed E-state index contributed by atoms with van der Waals surface area (Å²) in [5.41, 5.74) is -0.106. The van der Waals surface area contributed by atoms with E-state index in [9.17, 15) is 0 Å². The topological polar surface area (TPSA) is 24.7 Å². The van der Waals surface area contributed by atoms with Crippen LogP contribution in [-0.2, 0) is 0 Å². The van der Waals surface area contributed by atoms with Gasteiger partial charge in [-0.2, -0.15) is 10.2 Å². The van der Waals surface area contributed by atoms with Gasteiger partial charge in [-0.3, -0.25) is 0 Å². The minimum Gasteiger partial charge on any atom is -0.187 e. The Balaban J connectivity index is 2.53. The van der Waals surface area contributed by atoms with Crippen LogP contribution in [0.2, 0.25) is 0 Å². The number of alkyl halides is 1. The largest absolute Gasteiger partial charge is 0.187 e. The quantitative estimate of drug-likeness (QED) is 0.360. The molecule has 0 saturated heterocycles. The summed E-state index contributed by atoms with van der Waals surface area (Å²) < 4.78 is 0. The van der Waals surface area contributed by atoms with Crippen LogP contribution in [0.3, 0.4) is 0 Å². The zero-order valence-corrected chi connectivity index (χ0v) is 9.02. The highest BCUT2D eigenvalue weighted by atomic mass is 35.5. The molecule has 1 fully saturated rings. The molecule has 0 spiro atoms. The fraction of sp³-hybridized carbons (Fsp3) is 1.00. The van der Waals surface area contributed by atoms with Gasteiger partial charge in [0.2, 0.25) is 0 Å². The van der Waals surface area contributed by atoms with Crippen LogP contribution in [0.15, 0.2) is 10.2 Å². The maximum Gasteiger partial charge on any atom is 0.154 e. The minimum absolute atomic E-state index is 0.106. The van der Waals surface area contributed by atoms with E-state index in [0.29, 0.717) is 5.92 Å². The van der Waals surface area contributed by atoms with E-state index in [1.165, 1.54) is 12.8 Å². The van der Waals surface area contributed by atoms with Crippen molar-refractivity contribution < 1.29 is 0 Å². The van der Waals surface area contributed by atoms with Crippen LogP contribution in [0.1, 0.15) is 40.5 Å². The van der Waals surface area contributed by atoms with Gasteiger partial charge >= 0.3 is 0 Å². The molecule has 0 amide bonds. The molecule has 2 nitrogen and oxygen atoms in total. The van der Waals surface area contributed by atoms with Crippen LogP contribution in [-0.4, -0.2) is 10.5 Å². The molecule has 70 valence electrons. The van der Waals surface area contributed by atoms with Gasteiger partial charge in [0.15, 0.2) is 5.00 Å². The van der Waals surface area contributed by atoms with Crippen LogP contribution in [0, 0.1) is 5.92 Å². The van der Waals surface area contributed by atoms with Crippen LogP contribution in [0.25, 0.3) is 0 Å². The van der Waals surface area contributed by atoms with E-state index in [-0.39, 0.29) is 5.54 Å². The Bertz CT molecular complexity index is 187. The zero-order valence-electron chi connectivity index (χ0n) is 8.26. The van der Waals surface area contributed by atoms with E-state index in [1.807, 2.05) is 27.7 Å². The first kappa shape index (κ1) is 9.97. The Morgan fingerprint density at radius 3 is 1.92 bits per heavy atom. The van der Waals surface area contributed by atoms with Crippen molar-refractivity contribution in [2.24, 2.45) is 16.1 Å². The number of halogens is 1. The molecular formula is C9H17ClN2. The highest BCUT2D eigenvalue weighted by molar-refractivity contribution is 6.23. The van der Waals surface area contributed by atoms with E-state index in [1.54, 1.807) is 0 Å². The number of hydrogen-bond acceptors (Lipinski definition) is 2. The molecule has 0 bridgehead atoms. The molecule has 0 N–H and O–H groups in total. The first-order valence-corrected chi connectivity index (χ1v) is 4.82. The molecule has 0 aromatic rings. The third-order valence-corrected chi connectivity index (χ3v) is 2.25. The van der Waals surface area contributed by atoms with Gasteiger partial charge in [0.25, 0.3) is 0 Å². The lowest BCUT2D eigenvalue weighted by molar-refractivity contribution is 0.472. The van der Waals surface area contributed by atoms with Gasteiger partial charge in [-0.15, -0.1) is 0 Å². The first-order chi connectivity index (χ1) is 5.31. The number of rotatable bonds is 2. The first-order valence-electron chi connectivity index (χ1n) is 4.44. The van der Waals surface area contributed by atoms with Crippen LogP contribution in [0.5, 0.6) is 0 Å². The summed E-state index contributed by atoms with van der Waals surface area (Å²) >= 11 is 6.18. The summed E-state index contributed by atoms with van der Waals surface area (Å²) in [4.78, 5) is -0.451. The molecule has 0 aromatic carbocycles. The van der Waals surface area contributed by atoms with Gasteiger partial charge in [-0.25, -0.2) is 0 Å². The summed E-state index contributed by atoms with van der Waals surface area (Å²) in [5, 5.41) is 8.36. The predicted molar refractivity (Wildman–Crippen MR) is 51.6 cm³/mol. The Kier molecular flexibility index (Phi) is 2.48. The third kappa shape index (κ3) is 3.10. The number of hydrogen-bond donors (Lipinski definition) is 0. The molecule has 0 aromatic heterocycles. The molecular weight excluding hydrogens is 172 g/mol. The van der Waals surface area contributed by atoms with Crippen molar-refractivity contribution in [1.82, 2.24) is 0 Å². The van der Waals surface area contributed by atoms with Gasteiger partial charge in [0, 0.05) is 0 Å². The molecule has 3 heteroatoms. The maximum atomic E-state index is 6.18. The summed E-state index contributed by atoms with van der Waals surface area (Å²) in [6.45, 7) is 8.02. The predicted octanol–water partition coefficient (Wildman–Crippen LogP) is 3.60. The number of nitrogens with zero attached hydrogens (tertiary/aromatic N) is 2. The summed E-state index contributed by atoms with van der Waals surface area (Å²) in [5.74, 6) is 0.547. The number of azo groups is 1. The maximum absolute atomic E-state index is 6.18. The lowest BCUT2D eigenvalue weighted by Gasteiger charge is -2.17. The third-order valence-electron chi connectivity index (χ3n) is 1.87. The lowest BCUT2D eigenvalue weighted by Crippen LogP contribution is -2.18. The molecule has 0 aliphatic heterocycles. The summed E-state index contributed by atoms with van der Waals surface area (Å²) in [6, 6.07) is 0. The van der Waals surface area contributed by atoms with E-state index in [4.69, 9.17) is 11.6 Å². The van der Waals surface area contributed by atoms with Crippen LogP contribution >= 0.6 is 11.6 Å². The van der Waals surface area contributed by atoms with Crippen molar-refractivity contribution in [1.29, 1.82) is 0 Å². The molecule has 1 unspecified atom stereocenters. The van der Waals surface area contributed by atoms with Gasteiger partial charge < -0.3 is 0 Å².